The molecule has 0 unspecified atom stereocenters. The van der Waals surface area contributed by atoms with E-state index in [1.807, 2.05) is 0 Å². The van der Waals surface area contributed by atoms with E-state index in [1.54, 1.807) is 24.3 Å². The van der Waals surface area contributed by atoms with Crippen LogP contribution in [0.4, 0.5) is 13.2 Å². The van der Waals surface area contributed by atoms with Gasteiger partial charge in [0.05, 0.1) is 13.2 Å². The van der Waals surface area contributed by atoms with Crippen molar-refractivity contribution in [2.24, 2.45) is 10.9 Å². The average Bonchev–Trinajstić information content (AvgIpc) is 2.37. The number of nitrogens with two attached hydrogens (primary N) is 1. The summed E-state index contributed by atoms with van der Waals surface area (Å²) in [6.07, 6.45) is -4.32. The zero-order chi connectivity index (χ0) is 15.2. The van der Waals surface area contributed by atoms with Gasteiger partial charge in [0.1, 0.15) is 0 Å². The summed E-state index contributed by atoms with van der Waals surface area (Å²) in [5, 5.41) is 20.1. The first-order valence-electron chi connectivity index (χ1n) is 5.82. The van der Waals surface area contributed by atoms with E-state index in [2.05, 4.69) is 5.16 Å². The second-order valence-corrected chi connectivity index (χ2v) is 4.23. The number of benzene rings is 1. The summed E-state index contributed by atoms with van der Waals surface area (Å²) < 4.78 is 37.1. The van der Waals surface area contributed by atoms with Gasteiger partial charge in [0.25, 0.3) is 0 Å². The van der Waals surface area contributed by atoms with E-state index in [-0.39, 0.29) is 25.5 Å². The molecule has 0 aliphatic heterocycles. The maximum Gasteiger partial charge on any atom is 0.401 e. The molecule has 0 atom stereocenters. The molecular formula is C12H16F3N3O2. The minimum Gasteiger partial charge on any atom is -0.409 e. The molecule has 1 rings (SSSR count). The molecule has 1 aromatic rings. The van der Waals surface area contributed by atoms with Crippen LogP contribution in [0.1, 0.15) is 11.1 Å². The topological polar surface area (TPSA) is 82.1 Å². The minimum atomic E-state index is -4.32. The summed E-state index contributed by atoms with van der Waals surface area (Å²) in [7, 11) is 0. The number of nitrogens with zero attached hydrogens (tertiary/aromatic N) is 2. The maximum absolute atomic E-state index is 12.4. The lowest BCUT2D eigenvalue weighted by molar-refractivity contribution is -0.147. The van der Waals surface area contributed by atoms with Crippen LogP contribution in [-0.2, 0) is 6.54 Å². The molecular weight excluding hydrogens is 275 g/mol. The molecule has 20 heavy (non-hydrogen) atoms. The van der Waals surface area contributed by atoms with Crippen LogP contribution in [0, 0.1) is 0 Å². The molecule has 0 aromatic heterocycles. The molecule has 8 heteroatoms. The van der Waals surface area contributed by atoms with Gasteiger partial charge in [0, 0.05) is 18.7 Å². The molecule has 5 nitrogen and oxygen atoms in total. The third-order valence-electron chi connectivity index (χ3n) is 2.58. The molecule has 112 valence electrons. The maximum atomic E-state index is 12.4. The Morgan fingerprint density at radius 1 is 1.25 bits per heavy atom. The van der Waals surface area contributed by atoms with Crippen LogP contribution in [0.5, 0.6) is 0 Å². The average molecular weight is 291 g/mol. The minimum absolute atomic E-state index is 0.0521. The first-order valence-corrected chi connectivity index (χ1v) is 5.82. The Morgan fingerprint density at radius 2 is 1.85 bits per heavy atom. The largest absolute Gasteiger partial charge is 0.409 e. The van der Waals surface area contributed by atoms with Gasteiger partial charge in [-0.3, -0.25) is 4.90 Å². The molecule has 4 N–H and O–H groups in total. The molecule has 0 amide bonds. The van der Waals surface area contributed by atoms with Crippen LogP contribution in [0.3, 0.4) is 0 Å². The molecule has 0 aliphatic carbocycles. The quantitative estimate of drug-likeness (QED) is 0.318. The lowest BCUT2D eigenvalue weighted by atomic mass is 10.1. The van der Waals surface area contributed by atoms with E-state index < -0.39 is 12.7 Å². The predicted octanol–water partition coefficient (Wildman–Crippen LogP) is 1.14. The van der Waals surface area contributed by atoms with Gasteiger partial charge >= 0.3 is 6.18 Å². The van der Waals surface area contributed by atoms with E-state index in [9.17, 15) is 13.2 Å². The van der Waals surface area contributed by atoms with Crippen molar-refractivity contribution in [1.82, 2.24) is 4.90 Å². The summed E-state index contributed by atoms with van der Waals surface area (Å²) in [5.41, 5.74) is 6.49. The Balaban J connectivity index is 2.73. The van der Waals surface area contributed by atoms with E-state index >= 15 is 0 Å². The summed E-state index contributed by atoms with van der Waals surface area (Å²) in [5.74, 6) is -0.0703. The van der Waals surface area contributed by atoms with Crippen LogP contribution in [0.25, 0.3) is 0 Å². The van der Waals surface area contributed by atoms with Gasteiger partial charge < -0.3 is 16.0 Å². The van der Waals surface area contributed by atoms with Crippen molar-refractivity contribution in [2.75, 3.05) is 19.7 Å². The fourth-order valence-electron chi connectivity index (χ4n) is 1.71. The van der Waals surface area contributed by atoms with Gasteiger partial charge in [-0.1, -0.05) is 29.4 Å². The van der Waals surface area contributed by atoms with Crippen molar-refractivity contribution in [2.45, 2.75) is 12.7 Å². The second kappa shape index (κ2) is 7.11. The molecule has 0 aliphatic rings. The summed E-state index contributed by atoms with van der Waals surface area (Å²) in [4.78, 5) is 1.10. The van der Waals surface area contributed by atoms with Crippen LogP contribution in [0.15, 0.2) is 29.4 Å². The van der Waals surface area contributed by atoms with Gasteiger partial charge in [0.2, 0.25) is 0 Å². The molecule has 0 radical (unpaired) electrons. The van der Waals surface area contributed by atoms with Crippen molar-refractivity contribution in [3.63, 3.8) is 0 Å². The summed E-state index contributed by atoms with van der Waals surface area (Å²) in [6.45, 7) is -1.45. The third kappa shape index (κ3) is 5.45. The Hall–Kier alpha value is -1.80. The fourth-order valence-corrected chi connectivity index (χ4v) is 1.71. The number of hydrogen-bond acceptors (Lipinski definition) is 4. The van der Waals surface area contributed by atoms with E-state index in [0.717, 1.165) is 4.90 Å². The fraction of sp³-hybridized carbons (Fsp3) is 0.417. The van der Waals surface area contributed by atoms with Gasteiger partial charge in [-0.15, -0.1) is 0 Å². The Labute approximate surface area is 114 Å². The van der Waals surface area contributed by atoms with Gasteiger partial charge in [0.15, 0.2) is 5.84 Å². The van der Waals surface area contributed by atoms with Crippen molar-refractivity contribution in [3.8, 4) is 0 Å². The molecule has 0 fully saturated rings. The normalized spacial score (nSPS) is 12.9. The molecule has 0 saturated heterocycles. The lowest BCUT2D eigenvalue weighted by Gasteiger charge is -2.22. The van der Waals surface area contributed by atoms with E-state index in [0.29, 0.717) is 11.1 Å². The SMILES string of the molecule is N/C(=N/O)c1ccc(CN(CCO)CC(F)(F)F)cc1. The number of aliphatic hydroxyl groups is 1. The number of oxime groups is 1. The number of hydrogen-bond donors (Lipinski definition) is 3. The van der Waals surface area contributed by atoms with Gasteiger partial charge in [-0.2, -0.15) is 13.2 Å². The van der Waals surface area contributed by atoms with Gasteiger partial charge in [-0.05, 0) is 5.56 Å². The van der Waals surface area contributed by atoms with Gasteiger partial charge in [-0.25, -0.2) is 0 Å². The first-order chi connectivity index (χ1) is 9.35. The molecule has 0 spiro atoms. The number of aliphatic hydroxyl groups excluding tert-OH is 1. The van der Waals surface area contributed by atoms with Crippen LogP contribution >= 0.6 is 0 Å². The summed E-state index contributed by atoms with van der Waals surface area (Å²) >= 11 is 0. The Kier molecular flexibility index (Phi) is 5.78. The second-order valence-electron chi connectivity index (χ2n) is 4.23. The Morgan fingerprint density at radius 3 is 2.30 bits per heavy atom. The highest BCUT2D eigenvalue weighted by Gasteiger charge is 2.30. The number of halogens is 3. The van der Waals surface area contributed by atoms with E-state index in [4.69, 9.17) is 16.0 Å². The van der Waals surface area contributed by atoms with Crippen molar-refractivity contribution in [1.29, 1.82) is 0 Å². The smallest absolute Gasteiger partial charge is 0.401 e. The van der Waals surface area contributed by atoms with Crippen LogP contribution in [-0.4, -0.2) is 46.9 Å². The molecule has 1 aromatic carbocycles. The monoisotopic (exact) mass is 291 g/mol. The molecule has 0 saturated carbocycles. The van der Waals surface area contributed by atoms with Crippen molar-refractivity contribution < 1.29 is 23.5 Å². The highest BCUT2D eigenvalue weighted by Crippen LogP contribution is 2.18. The highest BCUT2D eigenvalue weighted by molar-refractivity contribution is 5.96. The zero-order valence-electron chi connectivity index (χ0n) is 10.6. The third-order valence-corrected chi connectivity index (χ3v) is 2.58. The lowest BCUT2D eigenvalue weighted by Crippen LogP contribution is -2.35. The number of amidine groups is 1. The standard InChI is InChI=1S/C12H16F3N3O2/c13-12(14,15)8-18(5-6-19)7-9-1-3-10(4-2-9)11(16)17-20/h1-4,19-20H,5-8H2,(H2,16,17). The predicted molar refractivity (Wildman–Crippen MR) is 67.4 cm³/mol. The number of rotatable bonds is 6. The first kappa shape index (κ1) is 16.3. The molecule has 0 heterocycles. The van der Waals surface area contributed by atoms with Crippen molar-refractivity contribution in [3.05, 3.63) is 35.4 Å². The van der Waals surface area contributed by atoms with E-state index in [1.165, 1.54) is 0 Å². The summed E-state index contributed by atoms with van der Waals surface area (Å²) in [6, 6.07) is 6.28. The zero-order valence-corrected chi connectivity index (χ0v) is 10.6. The highest BCUT2D eigenvalue weighted by atomic mass is 19.4. The Bertz CT molecular complexity index is 446. The van der Waals surface area contributed by atoms with Crippen molar-refractivity contribution >= 4 is 5.84 Å². The number of alkyl halides is 3. The van der Waals surface area contributed by atoms with Crippen LogP contribution < -0.4 is 5.73 Å². The molecule has 0 bridgehead atoms. The van der Waals surface area contributed by atoms with Crippen LogP contribution in [0.2, 0.25) is 0 Å².